The largest absolute Gasteiger partial charge is 0.379 e. The van der Waals surface area contributed by atoms with Crippen LogP contribution in [0.2, 0.25) is 0 Å². The molecule has 0 radical (unpaired) electrons. The summed E-state index contributed by atoms with van der Waals surface area (Å²) in [5.74, 6) is -7.89. The molecular weight excluding hydrogens is 769 g/mol. The van der Waals surface area contributed by atoms with E-state index in [0.717, 1.165) is 28.8 Å². The van der Waals surface area contributed by atoms with Gasteiger partial charge in [0.05, 0.1) is 57.2 Å². The van der Waals surface area contributed by atoms with Crippen molar-refractivity contribution in [3.05, 3.63) is 70.9 Å². The predicted molar refractivity (Wildman–Crippen MR) is 207 cm³/mol. The molecule has 0 bridgehead atoms. The average molecular weight is 818 g/mol. The number of nitriles is 1. The van der Waals surface area contributed by atoms with E-state index in [4.69, 9.17) is 9.47 Å². The van der Waals surface area contributed by atoms with Crippen LogP contribution in [0.1, 0.15) is 59.2 Å². The third kappa shape index (κ3) is 11.3. The maximum atomic E-state index is 14.0. The number of hydrogen-bond donors (Lipinski definition) is 4. The van der Waals surface area contributed by atoms with E-state index in [1.165, 1.54) is 0 Å². The van der Waals surface area contributed by atoms with Gasteiger partial charge in [-0.15, -0.1) is 5.10 Å². The van der Waals surface area contributed by atoms with E-state index in [2.05, 4.69) is 31.6 Å². The number of aromatic nitrogens is 3. The molecule has 3 aliphatic rings. The Morgan fingerprint density at radius 1 is 0.983 bits per heavy atom. The molecule has 4 atom stereocenters. The number of carbonyl (C=O) groups is 5. The van der Waals surface area contributed by atoms with Gasteiger partial charge in [0.15, 0.2) is 5.78 Å². The number of halogens is 2. The quantitative estimate of drug-likeness (QED) is 0.121. The van der Waals surface area contributed by atoms with E-state index < -0.39 is 54.3 Å². The predicted octanol–water partition coefficient (Wildman–Crippen LogP) is 1.97. The van der Waals surface area contributed by atoms with Gasteiger partial charge in [-0.3, -0.25) is 24.0 Å². The third-order valence-electron chi connectivity index (χ3n) is 10.8. The monoisotopic (exact) mass is 817 g/mol. The highest BCUT2D eigenvalue weighted by Gasteiger charge is 2.52. The van der Waals surface area contributed by atoms with Gasteiger partial charge in [0.1, 0.15) is 5.69 Å². The summed E-state index contributed by atoms with van der Waals surface area (Å²) in [4.78, 5) is 65.7. The summed E-state index contributed by atoms with van der Waals surface area (Å²) in [6.07, 6.45) is 0.515. The number of Topliss-reactive ketones (excluding diaryl/α,β-unsaturated/α-hetero) is 1. The topological polar surface area (TPSA) is 210 Å². The molecule has 6 rings (SSSR count). The fraction of sp³-hybridized carbons (Fsp3) is 0.512. The van der Waals surface area contributed by atoms with Crippen LogP contribution in [0.25, 0.3) is 11.3 Å². The lowest BCUT2D eigenvalue weighted by Gasteiger charge is -2.18. The molecule has 3 aromatic rings. The summed E-state index contributed by atoms with van der Waals surface area (Å²) in [7, 11) is 1.85. The molecule has 314 valence electrons. The molecule has 1 saturated carbocycles. The highest BCUT2D eigenvalue weighted by atomic mass is 19.3. The Hall–Kier alpha value is -5.64. The second-order valence-corrected chi connectivity index (χ2v) is 15.1. The molecule has 2 aromatic carbocycles. The van der Waals surface area contributed by atoms with Crippen molar-refractivity contribution in [3.63, 3.8) is 0 Å². The van der Waals surface area contributed by atoms with Gasteiger partial charge in [-0.25, -0.2) is 13.5 Å². The zero-order chi connectivity index (χ0) is 41.9. The van der Waals surface area contributed by atoms with Gasteiger partial charge in [-0.05, 0) is 42.3 Å². The molecule has 1 saturated heterocycles. The summed E-state index contributed by atoms with van der Waals surface area (Å²) in [6.45, 7) is 4.12. The van der Waals surface area contributed by atoms with Crippen molar-refractivity contribution in [1.82, 2.24) is 41.2 Å². The lowest BCUT2D eigenvalue weighted by molar-refractivity contribution is -0.135. The fourth-order valence-corrected chi connectivity index (χ4v) is 7.67. The number of amides is 4. The number of fused-ring (bicyclic) bond motifs is 1. The van der Waals surface area contributed by atoms with Crippen molar-refractivity contribution in [2.24, 2.45) is 17.8 Å². The summed E-state index contributed by atoms with van der Waals surface area (Å²) in [5.41, 5.74) is 4.68. The van der Waals surface area contributed by atoms with Crippen molar-refractivity contribution in [3.8, 4) is 17.3 Å². The fourth-order valence-electron chi connectivity index (χ4n) is 7.67. The number of nitrogens with one attached hydrogen (secondary N) is 4. The molecule has 2 aliphatic heterocycles. The van der Waals surface area contributed by atoms with Crippen LogP contribution in [-0.2, 0) is 48.3 Å². The molecule has 18 heteroatoms. The van der Waals surface area contributed by atoms with Crippen molar-refractivity contribution >= 4 is 29.4 Å². The van der Waals surface area contributed by atoms with Gasteiger partial charge in [0, 0.05) is 81.4 Å². The van der Waals surface area contributed by atoms with E-state index in [-0.39, 0.29) is 56.7 Å². The number of carbonyl (C=O) groups excluding carboxylic acids is 5. The van der Waals surface area contributed by atoms with E-state index in [0.29, 0.717) is 50.7 Å². The molecule has 3 heterocycles. The highest BCUT2D eigenvalue weighted by Crippen LogP contribution is 2.44. The molecule has 4 amide bonds. The van der Waals surface area contributed by atoms with Crippen molar-refractivity contribution in [2.45, 2.75) is 63.7 Å². The average Bonchev–Trinajstić information content (AvgIpc) is 4.03. The minimum atomic E-state index is -3.10. The smallest absolute Gasteiger partial charge is 0.251 e. The molecule has 16 nitrogen and oxygen atoms in total. The molecule has 2 fully saturated rings. The second-order valence-electron chi connectivity index (χ2n) is 15.1. The van der Waals surface area contributed by atoms with Gasteiger partial charge in [0.2, 0.25) is 23.6 Å². The maximum absolute atomic E-state index is 14.0. The van der Waals surface area contributed by atoms with Gasteiger partial charge >= 0.3 is 0 Å². The van der Waals surface area contributed by atoms with E-state index >= 15 is 0 Å². The maximum Gasteiger partial charge on any atom is 0.251 e. The Morgan fingerprint density at radius 3 is 2.51 bits per heavy atom. The Bertz CT molecular complexity index is 2040. The summed E-state index contributed by atoms with van der Waals surface area (Å²) < 4.78 is 40.4. The lowest BCUT2D eigenvalue weighted by atomic mass is 9.87. The van der Waals surface area contributed by atoms with Gasteiger partial charge in [-0.2, -0.15) is 5.26 Å². The number of hydrogen-bond acceptors (Lipinski definition) is 11. The van der Waals surface area contributed by atoms with E-state index in [1.807, 2.05) is 31.3 Å². The number of nitrogens with zero attached hydrogens (tertiary/aromatic N) is 5. The molecule has 4 N–H and O–H groups in total. The standard InChI is InChI=1S/C41H49F2N9O7/c1-45-12-14-59-16-15-58-13-9-36(53)46-10-11-47-39(56)27-7-5-26(6-8-27)35-25-52(50-49-35)23-29-4-2-3-28-22-51(24-33(28)29)37(54)18-30-17-34(48-40(30)57)38(55)32-20-41(42,43)19-31(32)21-44/h2-8,25,30-32,34,45H,9-20,22-24H2,1H3,(H,46,53)(H,47,56)(H,48,57)/t30-,31-,32?,34-/m0/s1. The zero-order valence-electron chi connectivity index (χ0n) is 32.9. The Labute approximate surface area is 340 Å². The zero-order valence-corrected chi connectivity index (χ0v) is 32.9. The number of likely N-dealkylation sites (N-methyl/N-ethyl adjacent to an activating group) is 1. The van der Waals surface area contributed by atoms with Crippen LogP contribution < -0.4 is 21.3 Å². The third-order valence-corrected chi connectivity index (χ3v) is 10.8. The first-order chi connectivity index (χ1) is 28.4. The molecular formula is C41H49F2N9O7. The van der Waals surface area contributed by atoms with Crippen LogP contribution >= 0.6 is 0 Å². The number of ether oxygens (including phenoxy) is 2. The van der Waals surface area contributed by atoms with Gasteiger partial charge < -0.3 is 35.6 Å². The Balaban J connectivity index is 0.933. The molecule has 1 aromatic heterocycles. The number of benzene rings is 2. The van der Waals surface area contributed by atoms with E-state index in [1.54, 1.807) is 40.0 Å². The summed E-state index contributed by atoms with van der Waals surface area (Å²) >= 11 is 0. The number of ketones is 1. The first kappa shape index (κ1) is 43.0. The van der Waals surface area contributed by atoms with Crippen molar-refractivity contribution < 1.29 is 42.2 Å². The minimum absolute atomic E-state index is 0.0216. The SMILES string of the molecule is CNCCOCCOCCC(=O)NCCNC(=O)c1ccc(-c2cn(Cc3cccc4c3CN(C(=O)C[C@@H]3C[C@@H](C(=O)C5CC(F)(F)C[C@H]5C#N)NC3=O)C4)nn2)cc1. The summed E-state index contributed by atoms with van der Waals surface area (Å²) in [6, 6.07) is 13.5. The van der Waals surface area contributed by atoms with Crippen LogP contribution in [0.5, 0.6) is 0 Å². The van der Waals surface area contributed by atoms with Crippen molar-refractivity contribution in [1.29, 1.82) is 5.26 Å². The van der Waals surface area contributed by atoms with Crippen LogP contribution in [0.15, 0.2) is 48.7 Å². The lowest BCUT2D eigenvalue weighted by Crippen LogP contribution is -2.38. The first-order valence-corrected chi connectivity index (χ1v) is 19.8. The molecule has 1 unspecified atom stereocenters. The first-order valence-electron chi connectivity index (χ1n) is 19.8. The van der Waals surface area contributed by atoms with Crippen LogP contribution in [0, 0.1) is 29.1 Å². The summed E-state index contributed by atoms with van der Waals surface area (Å²) in [5, 5.41) is 29.1. The van der Waals surface area contributed by atoms with Crippen LogP contribution in [-0.4, -0.2) is 114 Å². The van der Waals surface area contributed by atoms with Crippen molar-refractivity contribution in [2.75, 3.05) is 53.1 Å². The van der Waals surface area contributed by atoms with Crippen LogP contribution in [0.3, 0.4) is 0 Å². The highest BCUT2D eigenvalue weighted by molar-refractivity contribution is 5.96. The Kier molecular flexibility index (Phi) is 14.5. The van der Waals surface area contributed by atoms with Gasteiger partial charge in [-0.1, -0.05) is 35.5 Å². The van der Waals surface area contributed by atoms with Gasteiger partial charge in [0.25, 0.3) is 5.91 Å². The second kappa shape index (κ2) is 19.9. The number of rotatable bonds is 20. The van der Waals surface area contributed by atoms with E-state index in [9.17, 15) is 38.0 Å². The molecule has 0 spiro atoms. The normalized spacial score (nSPS) is 20.5. The molecule has 59 heavy (non-hydrogen) atoms. The number of alkyl halides is 2. The molecule has 1 aliphatic carbocycles. The Morgan fingerprint density at radius 2 is 1.75 bits per heavy atom. The minimum Gasteiger partial charge on any atom is -0.379 e. The van der Waals surface area contributed by atoms with Crippen LogP contribution in [0.4, 0.5) is 8.78 Å².